The zero-order chi connectivity index (χ0) is 12.0. The monoisotopic (exact) mass is 227 g/mol. The lowest BCUT2D eigenvalue weighted by molar-refractivity contribution is 0.254. The minimum atomic E-state index is -0.193. The van der Waals surface area contributed by atoms with Crippen LogP contribution in [0.25, 0.3) is 0 Å². The molecule has 0 spiro atoms. The number of unbranched alkanes of at least 4 members (excludes halogenated alkanes) is 2. The Balaban J connectivity index is 2.33. The summed E-state index contributed by atoms with van der Waals surface area (Å²) in [6.07, 6.45) is 6.67. The predicted octanol–water partition coefficient (Wildman–Crippen LogP) is 2.55. The molecule has 3 nitrogen and oxygen atoms in total. The lowest BCUT2D eigenvalue weighted by Crippen LogP contribution is -2.23. The van der Waals surface area contributed by atoms with Gasteiger partial charge in [-0.15, -0.1) is 0 Å². The summed E-state index contributed by atoms with van der Waals surface area (Å²) in [6, 6.07) is 0.374. The second-order valence-corrected chi connectivity index (χ2v) is 4.35. The van der Waals surface area contributed by atoms with Gasteiger partial charge in [0.1, 0.15) is 0 Å². The smallest absolute Gasteiger partial charge is 0.0894 e. The molecule has 0 aliphatic heterocycles. The van der Waals surface area contributed by atoms with Crippen LogP contribution < -0.4 is 0 Å². The van der Waals surface area contributed by atoms with Gasteiger partial charge in [-0.05, 0) is 39.8 Å². The van der Waals surface area contributed by atoms with E-state index in [0.717, 1.165) is 19.4 Å². The van der Waals surface area contributed by atoms with Gasteiger partial charge in [0.2, 0.25) is 0 Å². The van der Waals surface area contributed by atoms with Gasteiger partial charge >= 0.3 is 0 Å². The molecular weight excluding hydrogens is 205 g/mol. The van der Waals surface area contributed by atoms with Crippen LogP contribution in [0, 0.1) is 0 Å². The largest absolute Gasteiger partial charge is 0.300 e. The fourth-order valence-corrected chi connectivity index (χ4v) is 1.74. The van der Waals surface area contributed by atoms with E-state index in [-0.39, 0.29) is 6.67 Å². The van der Waals surface area contributed by atoms with Crippen LogP contribution in [0.2, 0.25) is 0 Å². The number of hydrogen-bond acceptors (Lipinski definition) is 2. The first-order valence-electron chi connectivity index (χ1n) is 5.90. The Bertz CT molecular complexity index is 298. The normalized spacial score (nSPS) is 13.3. The van der Waals surface area contributed by atoms with E-state index in [0.29, 0.717) is 12.5 Å². The fraction of sp³-hybridized carbons (Fsp3) is 0.750. The van der Waals surface area contributed by atoms with Crippen LogP contribution in [-0.2, 0) is 7.05 Å². The van der Waals surface area contributed by atoms with E-state index in [1.165, 1.54) is 5.56 Å². The van der Waals surface area contributed by atoms with Crippen molar-refractivity contribution in [1.29, 1.82) is 0 Å². The molecule has 16 heavy (non-hydrogen) atoms. The average molecular weight is 227 g/mol. The Kier molecular flexibility index (Phi) is 5.46. The first-order valence-corrected chi connectivity index (χ1v) is 5.90. The van der Waals surface area contributed by atoms with E-state index >= 15 is 0 Å². The summed E-state index contributed by atoms with van der Waals surface area (Å²) in [6.45, 7) is 2.99. The Morgan fingerprint density at radius 1 is 1.44 bits per heavy atom. The standard InChI is InChI=1S/C12H22FN3/c1-11(12-9-14-16(3)10-12)15(2)8-6-4-5-7-13/h9-11H,4-8H2,1-3H3/t11-/m0/s1. The van der Waals surface area contributed by atoms with Crippen molar-refractivity contribution in [1.82, 2.24) is 14.7 Å². The summed E-state index contributed by atoms with van der Waals surface area (Å²) in [4.78, 5) is 2.29. The van der Waals surface area contributed by atoms with E-state index in [2.05, 4.69) is 24.0 Å². The predicted molar refractivity (Wildman–Crippen MR) is 64.1 cm³/mol. The van der Waals surface area contributed by atoms with Gasteiger partial charge in [-0.2, -0.15) is 5.10 Å². The zero-order valence-electron chi connectivity index (χ0n) is 10.5. The Morgan fingerprint density at radius 3 is 2.75 bits per heavy atom. The van der Waals surface area contributed by atoms with Gasteiger partial charge in [0.25, 0.3) is 0 Å². The molecule has 0 saturated carbocycles. The molecule has 1 atom stereocenters. The molecule has 92 valence electrons. The topological polar surface area (TPSA) is 21.1 Å². The number of hydrogen-bond donors (Lipinski definition) is 0. The molecule has 0 saturated heterocycles. The van der Waals surface area contributed by atoms with E-state index in [1.54, 1.807) is 0 Å². The zero-order valence-corrected chi connectivity index (χ0v) is 10.5. The van der Waals surface area contributed by atoms with Gasteiger partial charge in [0, 0.05) is 24.8 Å². The van der Waals surface area contributed by atoms with Gasteiger partial charge in [0.05, 0.1) is 12.9 Å². The van der Waals surface area contributed by atoms with E-state index in [4.69, 9.17) is 0 Å². The highest BCUT2D eigenvalue weighted by Crippen LogP contribution is 2.17. The molecular formula is C12H22FN3. The van der Waals surface area contributed by atoms with Crippen LogP contribution in [0.3, 0.4) is 0 Å². The number of aromatic nitrogens is 2. The number of alkyl halides is 1. The lowest BCUT2D eigenvalue weighted by Gasteiger charge is -2.23. The summed E-state index contributed by atoms with van der Waals surface area (Å²) in [5.41, 5.74) is 1.23. The lowest BCUT2D eigenvalue weighted by atomic mass is 10.1. The third kappa shape index (κ3) is 3.93. The van der Waals surface area contributed by atoms with Crippen LogP contribution in [-0.4, -0.2) is 34.9 Å². The van der Waals surface area contributed by atoms with Crippen LogP contribution in [0.4, 0.5) is 4.39 Å². The number of rotatable bonds is 7. The van der Waals surface area contributed by atoms with Crippen LogP contribution >= 0.6 is 0 Å². The molecule has 0 fully saturated rings. The number of nitrogens with zero attached hydrogens (tertiary/aromatic N) is 3. The van der Waals surface area contributed by atoms with Crippen molar-refractivity contribution < 1.29 is 4.39 Å². The van der Waals surface area contributed by atoms with Crippen LogP contribution in [0.15, 0.2) is 12.4 Å². The van der Waals surface area contributed by atoms with Crippen molar-refractivity contribution in [2.45, 2.75) is 32.2 Å². The summed E-state index contributed by atoms with van der Waals surface area (Å²) >= 11 is 0. The SMILES string of the molecule is C[C@@H](c1cnn(C)c1)N(C)CCCCCF. The summed E-state index contributed by atoms with van der Waals surface area (Å²) in [7, 11) is 4.03. The average Bonchev–Trinajstić information content (AvgIpc) is 2.70. The highest BCUT2D eigenvalue weighted by atomic mass is 19.1. The molecule has 0 aliphatic rings. The van der Waals surface area contributed by atoms with E-state index in [1.807, 2.05) is 24.1 Å². The van der Waals surface area contributed by atoms with Crippen molar-refractivity contribution in [3.8, 4) is 0 Å². The van der Waals surface area contributed by atoms with Gasteiger partial charge < -0.3 is 0 Å². The van der Waals surface area contributed by atoms with E-state index in [9.17, 15) is 4.39 Å². The van der Waals surface area contributed by atoms with Crippen molar-refractivity contribution in [2.24, 2.45) is 7.05 Å². The molecule has 0 bridgehead atoms. The molecule has 1 rings (SSSR count). The highest BCUT2D eigenvalue weighted by Gasteiger charge is 2.12. The molecule has 0 aliphatic carbocycles. The Labute approximate surface area is 97.2 Å². The van der Waals surface area contributed by atoms with Crippen molar-refractivity contribution >= 4 is 0 Å². The quantitative estimate of drug-likeness (QED) is 0.667. The molecule has 0 amide bonds. The second kappa shape index (κ2) is 6.63. The minimum absolute atomic E-state index is 0.193. The van der Waals surface area contributed by atoms with E-state index < -0.39 is 0 Å². The van der Waals surface area contributed by atoms with Crippen molar-refractivity contribution in [3.63, 3.8) is 0 Å². The molecule has 0 N–H and O–H groups in total. The first kappa shape index (κ1) is 13.2. The van der Waals surface area contributed by atoms with Crippen LogP contribution in [0.1, 0.15) is 37.8 Å². The van der Waals surface area contributed by atoms with Gasteiger partial charge in [-0.3, -0.25) is 14.0 Å². The summed E-state index contributed by atoms with van der Waals surface area (Å²) in [5, 5.41) is 4.17. The maximum Gasteiger partial charge on any atom is 0.0894 e. The number of halogens is 1. The first-order chi connectivity index (χ1) is 7.65. The van der Waals surface area contributed by atoms with Gasteiger partial charge in [0.15, 0.2) is 0 Å². The fourth-order valence-electron chi connectivity index (χ4n) is 1.74. The van der Waals surface area contributed by atoms with Gasteiger partial charge in [-0.1, -0.05) is 0 Å². The molecule has 0 aromatic carbocycles. The number of aryl methyl sites for hydroxylation is 1. The molecule has 0 unspecified atom stereocenters. The Morgan fingerprint density at radius 2 is 2.19 bits per heavy atom. The third-order valence-electron chi connectivity index (χ3n) is 3.01. The minimum Gasteiger partial charge on any atom is -0.300 e. The second-order valence-electron chi connectivity index (χ2n) is 4.35. The highest BCUT2D eigenvalue weighted by molar-refractivity contribution is 5.08. The molecule has 1 aromatic heterocycles. The maximum atomic E-state index is 11.9. The van der Waals surface area contributed by atoms with Gasteiger partial charge in [-0.25, -0.2) is 0 Å². The van der Waals surface area contributed by atoms with Crippen molar-refractivity contribution in [2.75, 3.05) is 20.3 Å². The Hall–Kier alpha value is -0.900. The third-order valence-corrected chi connectivity index (χ3v) is 3.01. The van der Waals surface area contributed by atoms with Crippen molar-refractivity contribution in [3.05, 3.63) is 18.0 Å². The maximum absolute atomic E-state index is 11.9. The summed E-state index contributed by atoms with van der Waals surface area (Å²) in [5.74, 6) is 0. The molecule has 4 heteroatoms. The summed E-state index contributed by atoms with van der Waals surface area (Å²) < 4.78 is 13.7. The van der Waals surface area contributed by atoms with Crippen LogP contribution in [0.5, 0.6) is 0 Å². The molecule has 1 aromatic rings. The molecule has 0 radical (unpaired) electrons. The molecule has 1 heterocycles.